The van der Waals surface area contributed by atoms with E-state index in [-0.39, 0.29) is 11.8 Å². The molecule has 0 radical (unpaired) electrons. The first-order valence-corrected chi connectivity index (χ1v) is 8.35. The fourth-order valence-corrected chi connectivity index (χ4v) is 3.36. The highest BCUT2D eigenvalue weighted by molar-refractivity contribution is 5.94. The smallest absolute Gasteiger partial charge is 0.226 e. The van der Waals surface area contributed by atoms with Crippen molar-refractivity contribution in [2.45, 2.75) is 12.3 Å². The van der Waals surface area contributed by atoms with Crippen LogP contribution in [-0.4, -0.2) is 29.7 Å². The lowest BCUT2D eigenvalue weighted by atomic mass is 9.89. The van der Waals surface area contributed by atoms with E-state index in [4.69, 9.17) is 9.47 Å². The minimum absolute atomic E-state index is 0.0509. The highest BCUT2D eigenvalue weighted by Crippen LogP contribution is 2.41. The number of carbonyl (C=O) groups excluding carboxylic acids is 1. The number of aromatic nitrogens is 2. The van der Waals surface area contributed by atoms with E-state index in [1.807, 2.05) is 53.1 Å². The van der Waals surface area contributed by atoms with Crippen molar-refractivity contribution < 1.29 is 14.3 Å². The number of imidazole rings is 1. The molecule has 1 N–H and O–H groups in total. The Balaban J connectivity index is 1.85. The first-order valence-electron chi connectivity index (χ1n) is 8.35. The summed E-state index contributed by atoms with van der Waals surface area (Å²) in [5, 5.41) is 2.96. The van der Waals surface area contributed by atoms with Crippen molar-refractivity contribution in [2.75, 3.05) is 19.5 Å². The van der Waals surface area contributed by atoms with Gasteiger partial charge in [0.05, 0.1) is 19.9 Å². The lowest BCUT2D eigenvalue weighted by Gasteiger charge is -2.25. The van der Waals surface area contributed by atoms with Gasteiger partial charge >= 0.3 is 0 Å². The molecule has 0 saturated heterocycles. The maximum atomic E-state index is 12.4. The molecule has 2 heterocycles. The molecule has 0 aliphatic carbocycles. The van der Waals surface area contributed by atoms with E-state index in [2.05, 4.69) is 10.3 Å². The number of ether oxygens (including phenoxy) is 2. The van der Waals surface area contributed by atoms with Crippen LogP contribution in [0.2, 0.25) is 0 Å². The summed E-state index contributed by atoms with van der Waals surface area (Å²) in [6.07, 6.45) is 2.05. The van der Waals surface area contributed by atoms with Gasteiger partial charge in [-0.05, 0) is 30.3 Å². The van der Waals surface area contributed by atoms with E-state index in [1.165, 1.54) is 0 Å². The molecule has 2 aromatic carbocycles. The molecule has 0 spiro atoms. The minimum atomic E-state index is -0.200. The van der Waals surface area contributed by atoms with E-state index in [0.29, 0.717) is 18.0 Å². The number of anilines is 1. The van der Waals surface area contributed by atoms with E-state index in [1.54, 1.807) is 20.5 Å². The van der Waals surface area contributed by atoms with E-state index >= 15 is 0 Å². The molecular weight excluding hydrogens is 330 g/mol. The van der Waals surface area contributed by atoms with Crippen LogP contribution in [0, 0.1) is 0 Å². The van der Waals surface area contributed by atoms with Gasteiger partial charge in [0, 0.05) is 23.6 Å². The second kappa shape index (κ2) is 6.55. The summed E-state index contributed by atoms with van der Waals surface area (Å²) in [6, 6.07) is 15.4. The Hall–Kier alpha value is -3.28. The van der Waals surface area contributed by atoms with E-state index < -0.39 is 0 Å². The van der Waals surface area contributed by atoms with Gasteiger partial charge in [-0.3, -0.25) is 9.36 Å². The zero-order valence-electron chi connectivity index (χ0n) is 14.6. The number of amides is 1. The maximum absolute atomic E-state index is 12.4. The second-order valence-corrected chi connectivity index (χ2v) is 6.10. The number of carbonyl (C=O) groups is 1. The van der Waals surface area contributed by atoms with Gasteiger partial charge in [-0.1, -0.05) is 18.2 Å². The fourth-order valence-electron chi connectivity index (χ4n) is 3.36. The Morgan fingerprint density at radius 1 is 1.12 bits per heavy atom. The summed E-state index contributed by atoms with van der Waals surface area (Å²) in [7, 11) is 3.24. The maximum Gasteiger partial charge on any atom is 0.226 e. The normalized spacial score (nSPS) is 15.9. The average Bonchev–Trinajstić information content (AvgIpc) is 3.11. The van der Waals surface area contributed by atoms with Gasteiger partial charge in [-0.25, -0.2) is 4.98 Å². The number of nitrogens with zero attached hydrogens (tertiary/aromatic N) is 2. The molecule has 4 rings (SSSR count). The molecule has 6 heteroatoms. The third kappa shape index (κ3) is 2.69. The van der Waals surface area contributed by atoms with Crippen molar-refractivity contribution in [3.8, 4) is 17.2 Å². The molecule has 6 nitrogen and oxygen atoms in total. The van der Waals surface area contributed by atoms with Crippen LogP contribution in [0.1, 0.15) is 23.6 Å². The molecular formula is C20H19N3O3. The Morgan fingerprint density at radius 2 is 1.92 bits per heavy atom. The van der Waals surface area contributed by atoms with Gasteiger partial charge in [0.1, 0.15) is 23.6 Å². The van der Waals surface area contributed by atoms with Gasteiger partial charge in [0.15, 0.2) is 0 Å². The number of para-hydroxylation sites is 1. The highest BCUT2D eigenvalue weighted by Gasteiger charge is 2.33. The van der Waals surface area contributed by atoms with Gasteiger partial charge in [-0.15, -0.1) is 0 Å². The summed E-state index contributed by atoms with van der Waals surface area (Å²) < 4.78 is 12.8. The topological polar surface area (TPSA) is 65.4 Å². The lowest BCUT2D eigenvalue weighted by Crippen LogP contribution is -2.25. The molecule has 1 aromatic heterocycles. The molecule has 0 fully saturated rings. The SMILES string of the molecule is COc1ccc(OC)c(C2CC(=O)Nc3c2ncn3-c2ccccc2)c1. The number of hydrogen-bond donors (Lipinski definition) is 1. The highest BCUT2D eigenvalue weighted by atomic mass is 16.5. The van der Waals surface area contributed by atoms with Crippen LogP contribution < -0.4 is 14.8 Å². The van der Waals surface area contributed by atoms with Gasteiger partial charge in [0.2, 0.25) is 5.91 Å². The minimum Gasteiger partial charge on any atom is -0.497 e. The lowest BCUT2D eigenvalue weighted by molar-refractivity contribution is -0.116. The molecule has 3 aromatic rings. The first kappa shape index (κ1) is 16.2. The number of hydrogen-bond acceptors (Lipinski definition) is 4. The Morgan fingerprint density at radius 3 is 2.65 bits per heavy atom. The van der Waals surface area contributed by atoms with Crippen molar-refractivity contribution in [1.29, 1.82) is 0 Å². The van der Waals surface area contributed by atoms with E-state index in [0.717, 1.165) is 22.7 Å². The van der Waals surface area contributed by atoms with Crippen LogP contribution in [-0.2, 0) is 4.79 Å². The van der Waals surface area contributed by atoms with Crippen molar-refractivity contribution in [3.63, 3.8) is 0 Å². The van der Waals surface area contributed by atoms with Crippen molar-refractivity contribution in [2.24, 2.45) is 0 Å². The Labute approximate surface area is 151 Å². The standard InChI is InChI=1S/C20H19N3O3/c1-25-14-8-9-17(26-2)15(10-14)16-11-18(24)22-20-19(16)21-12-23(20)13-6-4-3-5-7-13/h3-10,12,16H,11H2,1-2H3,(H,22,24). The molecule has 1 aliphatic rings. The third-order valence-corrected chi connectivity index (χ3v) is 4.62. The van der Waals surface area contributed by atoms with Crippen LogP contribution in [0.25, 0.3) is 5.69 Å². The number of fused-ring (bicyclic) bond motifs is 1. The molecule has 1 unspecified atom stereocenters. The molecule has 1 aliphatic heterocycles. The quantitative estimate of drug-likeness (QED) is 0.784. The molecule has 0 bridgehead atoms. The Bertz CT molecular complexity index is 950. The predicted molar refractivity (Wildman–Crippen MR) is 98.2 cm³/mol. The Kier molecular flexibility index (Phi) is 4.08. The van der Waals surface area contributed by atoms with Crippen molar-refractivity contribution in [3.05, 3.63) is 66.1 Å². The van der Waals surface area contributed by atoms with Gasteiger partial charge in [0.25, 0.3) is 0 Å². The summed E-state index contributed by atoms with van der Waals surface area (Å²) in [5.74, 6) is 1.88. The van der Waals surface area contributed by atoms with Crippen LogP contribution in [0.5, 0.6) is 11.5 Å². The van der Waals surface area contributed by atoms with Crippen LogP contribution in [0.3, 0.4) is 0 Å². The second-order valence-electron chi connectivity index (χ2n) is 6.10. The van der Waals surface area contributed by atoms with Crippen LogP contribution >= 0.6 is 0 Å². The number of methoxy groups -OCH3 is 2. The predicted octanol–water partition coefficient (Wildman–Crippen LogP) is 3.36. The monoisotopic (exact) mass is 349 g/mol. The zero-order valence-corrected chi connectivity index (χ0v) is 14.6. The third-order valence-electron chi connectivity index (χ3n) is 4.62. The largest absolute Gasteiger partial charge is 0.497 e. The average molecular weight is 349 g/mol. The first-order chi connectivity index (χ1) is 12.7. The summed E-state index contributed by atoms with van der Waals surface area (Å²) in [6.45, 7) is 0. The summed E-state index contributed by atoms with van der Waals surface area (Å²) in [5.41, 5.74) is 2.65. The van der Waals surface area contributed by atoms with Crippen molar-refractivity contribution >= 4 is 11.7 Å². The molecule has 0 saturated carbocycles. The number of nitrogens with one attached hydrogen (secondary N) is 1. The summed E-state index contributed by atoms with van der Waals surface area (Å²) >= 11 is 0. The zero-order chi connectivity index (χ0) is 18.1. The molecule has 132 valence electrons. The molecule has 1 amide bonds. The van der Waals surface area contributed by atoms with Gasteiger partial charge < -0.3 is 14.8 Å². The fraction of sp³-hybridized carbons (Fsp3) is 0.200. The van der Waals surface area contributed by atoms with Crippen LogP contribution in [0.15, 0.2) is 54.9 Å². The number of rotatable bonds is 4. The molecule has 1 atom stereocenters. The molecule has 26 heavy (non-hydrogen) atoms. The summed E-state index contributed by atoms with van der Waals surface area (Å²) in [4.78, 5) is 17.0. The number of benzene rings is 2. The van der Waals surface area contributed by atoms with Gasteiger partial charge in [-0.2, -0.15) is 0 Å². The van der Waals surface area contributed by atoms with E-state index in [9.17, 15) is 4.79 Å². The van der Waals surface area contributed by atoms with Crippen molar-refractivity contribution in [1.82, 2.24) is 9.55 Å². The van der Waals surface area contributed by atoms with Crippen LogP contribution in [0.4, 0.5) is 5.82 Å².